The molecule has 0 aliphatic heterocycles. The van der Waals surface area contributed by atoms with Crippen molar-refractivity contribution in [3.63, 3.8) is 0 Å². The number of fused-ring (bicyclic) bond motifs is 3. The Bertz CT molecular complexity index is 934. The monoisotopic (exact) mass is 423 g/mol. The van der Waals surface area contributed by atoms with Crippen LogP contribution in [0.1, 0.15) is 50.7 Å². The molecule has 164 valence electrons. The van der Waals surface area contributed by atoms with Gasteiger partial charge in [0.15, 0.2) is 0 Å². The number of carbonyl (C=O) groups excluding carboxylic acids is 1. The van der Waals surface area contributed by atoms with E-state index in [0.717, 1.165) is 11.1 Å². The van der Waals surface area contributed by atoms with Gasteiger partial charge in [-0.3, -0.25) is 4.79 Å². The minimum absolute atomic E-state index is 0.00803. The van der Waals surface area contributed by atoms with Gasteiger partial charge in [-0.05, 0) is 49.4 Å². The first-order chi connectivity index (χ1) is 14.7. The van der Waals surface area contributed by atoms with Crippen molar-refractivity contribution in [2.45, 2.75) is 57.3 Å². The quantitative estimate of drug-likeness (QED) is 0.711. The van der Waals surface area contributed by atoms with E-state index in [9.17, 15) is 14.7 Å². The second-order valence-electron chi connectivity index (χ2n) is 9.34. The van der Waals surface area contributed by atoms with Crippen molar-refractivity contribution < 1.29 is 24.2 Å². The van der Waals surface area contributed by atoms with Gasteiger partial charge in [0.25, 0.3) is 0 Å². The molecule has 0 aromatic heterocycles. The van der Waals surface area contributed by atoms with E-state index in [2.05, 4.69) is 29.6 Å². The van der Waals surface area contributed by atoms with Crippen LogP contribution >= 0.6 is 0 Å². The molecule has 1 saturated carbocycles. The molecule has 0 bridgehead atoms. The average Bonchev–Trinajstić information content (AvgIpc) is 3.03. The maximum Gasteiger partial charge on any atom is 0.407 e. The first-order valence-corrected chi connectivity index (χ1v) is 10.7. The molecule has 2 aromatic carbocycles. The molecule has 1 fully saturated rings. The number of benzene rings is 2. The predicted molar refractivity (Wildman–Crippen MR) is 117 cm³/mol. The number of nitrogens with one attached hydrogen (secondary N) is 1. The maximum atomic E-state index is 12.5. The van der Waals surface area contributed by atoms with E-state index in [1.54, 1.807) is 0 Å². The van der Waals surface area contributed by atoms with E-state index in [1.807, 2.05) is 45.0 Å². The van der Waals surface area contributed by atoms with Gasteiger partial charge in [0.2, 0.25) is 0 Å². The molecule has 2 aliphatic rings. The standard InChI is InChI=1S/C25H29NO5/c1-25(2,3)31-22-13-21(19(22)12-23(27)28)26-24(29)30-14-20-17-10-6-4-8-15(17)16-9-5-7-11-18(16)20/h4-11,19-22H,12-14H2,1-3H3,(H,26,29)(H,27,28)/t19-,21+,22-/m1/s1. The number of carboxylic acid groups (broad SMARTS) is 1. The van der Waals surface area contributed by atoms with Crippen LogP contribution in [0, 0.1) is 5.92 Å². The van der Waals surface area contributed by atoms with Crippen molar-refractivity contribution in [2.75, 3.05) is 6.61 Å². The Labute approximate surface area is 182 Å². The summed E-state index contributed by atoms with van der Waals surface area (Å²) in [6, 6.07) is 16.1. The van der Waals surface area contributed by atoms with E-state index in [1.165, 1.54) is 11.1 Å². The van der Waals surface area contributed by atoms with Gasteiger partial charge in [-0.2, -0.15) is 0 Å². The van der Waals surface area contributed by atoms with E-state index in [0.29, 0.717) is 6.42 Å². The van der Waals surface area contributed by atoms with Crippen molar-refractivity contribution in [1.82, 2.24) is 5.32 Å². The molecule has 2 aliphatic carbocycles. The van der Waals surface area contributed by atoms with Gasteiger partial charge in [0.1, 0.15) is 6.61 Å². The summed E-state index contributed by atoms with van der Waals surface area (Å²) in [7, 11) is 0. The summed E-state index contributed by atoms with van der Waals surface area (Å²) in [5.41, 5.74) is 4.30. The molecule has 0 radical (unpaired) electrons. The number of hydrogen-bond donors (Lipinski definition) is 2. The lowest BCUT2D eigenvalue weighted by atomic mass is 9.74. The van der Waals surface area contributed by atoms with Crippen molar-refractivity contribution in [2.24, 2.45) is 5.92 Å². The second kappa shape index (κ2) is 8.35. The largest absolute Gasteiger partial charge is 0.481 e. The highest BCUT2D eigenvalue weighted by Gasteiger charge is 2.45. The minimum atomic E-state index is -0.897. The van der Waals surface area contributed by atoms with Crippen LogP contribution in [0.25, 0.3) is 11.1 Å². The Morgan fingerprint density at radius 1 is 1.03 bits per heavy atom. The lowest BCUT2D eigenvalue weighted by molar-refractivity contribution is -0.156. The van der Waals surface area contributed by atoms with Gasteiger partial charge >= 0.3 is 12.1 Å². The molecule has 0 spiro atoms. The molecule has 0 saturated heterocycles. The van der Waals surface area contributed by atoms with E-state index in [4.69, 9.17) is 9.47 Å². The Morgan fingerprint density at radius 2 is 1.61 bits per heavy atom. The van der Waals surface area contributed by atoms with Crippen LogP contribution in [0.15, 0.2) is 48.5 Å². The third-order valence-corrected chi connectivity index (χ3v) is 6.04. The van der Waals surface area contributed by atoms with Gasteiger partial charge in [-0.1, -0.05) is 48.5 Å². The van der Waals surface area contributed by atoms with Crippen LogP contribution in [0.4, 0.5) is 4.79 Å². The smallest absolute Gasteiger partial charge is 0.407 e. The molecule has 6 nitrogen and oxygen atoms in total. The number of aliphatic carboxylic acids is 1. The predicted octanol–water partition coefficient (Wildman–Crippen LogP) is 4.57. The molecule has 0 heterocycles. The van der Waals surface area contributed by atoms with Gasteiger partial charge in [-0.25, -0.2) is 4.79 Å². The van der Waals surface area contributed by atoms with Crippen LogP contribution in [0.2, 0.25) is 0 Å². The highest BCUT2D eigenvalue weighted by Crippen LogP contribution is 2.44. The zero-order chi connectivity index (χ0) is 22.2. The molecule has 4 rings (SSSR count). The van der Waals surface area contributed by atoms with E-state index >= 15 is 0 Å². The zero-order valence-electron chi connectivity index (χ0n) is 18.1. The van der Waals surface area contributed by atoms with Crippen LogP contribution in [0.3, 0.4) is 0 Å². The van der Waals surface area contributed by atoms with E-state index in [-0.39, 0.29) is 42.6 Å². The summed E-state index contributed by atoms with van der Waals surface area (Å²) < 4.78 is 11.6. The molecule has 6 heteroatoms. The highest BCUT2D eigenvalue weighted by atomic mass is 16.5. The lowest BCUT2D eigenvalue weighted by Crippen LogP contribution is -2.58. The van der Waals surface area contributed by atoms with Crippen molar-refractivity contribution >= 4 is 12.1 Å². The Morgan fingerprint density at radius 3 is 2.16 bits per heavy atom. The van der Waals surface area contributed by atoms with Gasteiger partial charge in [0, 0.05) is 17.9 Å². The van der Waals surface area contributed by atoms with Gasteiger partial charge in [-0.15, -0.1) is 0 Å². The Hall–Kier alpha value is -2.86. The summed E-state index contributed by atoms with van der Waals surface area (Å²) >= 11 is 0. The number of hydrogen-bond acceptors (Lipinski definition) is 4. The molecule has 3 atom stereocenters. The number of ether oxygens (including phenoxy) is 2. The summed E-state index contributed by atoms with van der Waals surface area (Å²) in [5, 5.41) is 12.1. The summed E-state index contributed by atoms with van der Waals surface area (Å²) in [5.74, 6) is -1.17. The molecule has 1 amide bonds. The van der Waals surface area contributed by atoms with Gasteiger partial charge in [0.05, 0.1) is 18.1 Å². The lowest BCUT2D eigenvalue weighted by Gasteiger charge is -2.46. The SMILES string of the molecule is CC(C)(C)O[C@@H]1C[C@H](NC(=O)OCC2c3ccccc3-c3ccccc32)[C@H]1CC(=O)O. The molecule has 2 aromatic rings. The summed E-state index contributed by atoms with van der Waals surface area (Å²) in [6.45, 7) is 6.06. The summed E-state index contributed by atoms with van der Waals surface area (Å²) in [4.78, 5) is 23.8. The second-order valence-corrected chi connectivity index (χ2v) is 9.34. The number of amides is 1. The molecule has 2 N–H and O–H groups in total. The third kappa shape index (κ3) is 4.59. The number of alkyl carbamates (subject to hydrolysis) is 1. The van der Waals surface area contributed by atoms with Crippen molar-refractivity contribution in [3.05, 3.63) is 59.7 Å². The first-order valence-electron chi connectivity index (χ1n) is 10.7. The topological polar surface area (TPSA) is 84.9 Å². The summed E-state index contributed by atoms with van der Waals surface area (Å²) in [6.07, 6.45) is -0.166. The molecular weight excluding hydrogens is 394 g/mol. The zero-order valence-corrected chi connectivity index (χ0v) is 18.1. The third-order valence-electron chi connectivity index (χ3n) is 6.04. The van der Waals surface area contributed by atoms with Crippen LogP contribution < -0.4 is 5.32 Å². The number of carboxylic acids is 1. The first kappa shape index (κ1) is 21.4. The number of rotatable bonds is 6. The van der Waals surface area contributed by atoms with E-state index < -0.39 is 12.1 Å². The molecular formula is C25H29NO5. The highest BCUT2D eigenvalue weighted by molar-refractivity contribution is 5.79. The molecule has 0 unspecified atom stereocenters. The Kier molecular flexibility index (Phi) is 5.75. The Balaban J connectivity index is 1.38. The fraction of sp³-hybridized carbons (Fsp3) is 0.440. The minimum Gasteiger partial charge on any atom is -0.481 e. The van der Waals surface area contributed by atoms with Crippen LogP contribution in [-0.4, -0.2) is 41.5 Å². The van der Waals surface area contributed by atoms with Gasteiger partial charge < -0.3 is 19.9 Å². The van der Waals surface area contributed by atoms with Crippen molar-refractivity contribution in [3.8, 4) is 11.1 Å². The normalized spacial score (nSPS) is 22.2. The van der Waals surface area contributed by atoms with Crippen LogP contribution in [-0.2, 0) is 14.3 Å². The van der Waals surface area contributed by atoms with Crippen LogP contribution in [0.5, 0.6) is 0 Å². The maximum absolute atomic E-state index is 12.5. The van der Waals surface area contributed by atoms with Crippen molar-refractivity contribution in [1.29, 1.82) is 0 Å². The fourth-order valence-electron chi connectivity index (χ4n) is 4.69. The number of carbonyl (C=O) groups is 2. The average molecular weight is 424 g/mol. The molecule has 31 heavy (non-hydrogen) atoms. The fourth-order valence-corrected chi connectivity index (χ4v) is 4.69.